The molecule has 4 rings (SSSR count). The van der Waals surface area contributed by atoms with Gasteiger partial charge in [0.25, 0.3) is 5.91 Å². The second-order valence-electron chi connectivity index (χ2n) is 6.12. The number of benzene rings is 1. The number of hydrogen-bond acceptors (Lipinski definition) is 6. The SMILES string of the molecule is O=C(NCc1nc(-c2ccccn2)no1)c1ccccc1N1CCCC1. The number of carbonyl (C=O) groups is 1. The minimum Gasteiger partial charge on any atom is -0.371 e. The van der Waals surface area contributed by atoms with Gasteiger partial charge in [0, 0.05) is 25.0 Å². The van der Waals surface area contributed by atoms with Crippen LogP contribution in [0.5, 0.6) is 0 Å². The largest absolute Gasteiger partial charge is 0.371 e. The van der Waals surface area contributed by atoms with E-state index in [2.05, 4.69) is 25.3 Å². The summed E-state index contributed by atoms with van der Waals surface area (Å²) in [5, 5.41) is 6.77. The van der Waals surface area contributed by atoms with Crippen molar-refractivity contribution >= 4 is 11.6 Å². The van der Waals surface area contributed by atoms with E-state index in [-0.39, 0.29) is 12.5 Å². The van der Waals surface area contributed by atoms with Crippen molar-refractivity contribution in [3.63, 3.8) is 0 Å². The Morgan fingerprint density at radius 2 is 1.92 bits per heavy atom. The number of nitrogens with one attached hydrogen (secondary N) is 1. The summed E-state index contributed by atoms with van der Waals surface area (Å²) in [6.45, 7) is 2.15. The molecule has 1 N–H and O–H groups in total. The van der Waals surface area contributed by atoms with Crippen LogP contribution in [0.25, 0.3) is 11.5 Å². The summed E-state index contributed by atoms with van der Waals surface area (Å²) in [6.07, 6.45) is 3.99. The van der Waals surface area contributed by atoms with E-state index in [1.165, 1.54) is 0 Å². The fraction of sp³-hybridized carbons (Fsp3) is 0.263. The standard InChI is InChI=1S/C19H19N5O2/c25-19(14-7-1-2-9-16(14)24-11-5-6-12-24)21-13-17-22-18(23-26-17)15-8-3-4-10-20-15/h1-4,7-10H,5-6,11-13H2,(H,21,25). The molecule has 0 radical (unpaired) electrons. The Morgan fingerprint density at radius 1 is 1.12 bits per heavy atom. The third kappa shape index (κ3) is 3.42. The smallest absolute Gasteiger partial charge is 0.253 e. The van der Waals surface area contributed by atoms with E-state index >= 15 is 0 Å². The predicted octanol–water partition coefficient (Wildman–Crippen LogP) is 2.66. The quantitative estimate of drug-likeness (QED) is 0.762. The van der Waals surface area contributed by atoms with Gasteiger partial charge in [-0.25, -0.2) is 0 Å². The average molecular weight is 349 g/mol. The summed E-state index contributed by atoms with van der Waals surface area (Å²) >= 11 is 0. The molecule has 0 saturated carbocycles. The third-order valence-electron chi connectivity index (χ3n) is 4.36. The molecule has 7 nitrogen and oxygen atoms in total. The number of para-hydroxylation sites is 1. The average Bonchev–Trinajstić information content (AvgIpc) is 3.39. The van der Waals surface area contributed by atoms with Crippen molar-refractivity contribution in [1.82, 2.24) is 20.4 Å². The molecule has 1 amide bonds. The van der Waals surface area contributed by atoms with Gasteiger partial charge in [0.15, 0.2) is 0 Å². The van der Waals surface area contributed by atoms with Crippen LogP contribution >= 0.6 is 0 Å². The van der Waals surface area contributed by atoms with Crippen LogP contribution in [0.3, 0.4) is 0 Å². The lowest BCUT2D eigenvalue weighted by Crippen LogP contribution is -2.27. The highest BCUT2D eigenvalue weighted by Crippen LogP contribution is 2.24. The topological polar surface area (TPSA) is 84.2 Å². The molecule has 1 aliphatic rings. The van der Waals surface area contributed by atoms with Crippen molar-refractivity contribution in [2.45, 2.75) is 19.4 Å². The van der Waals surface area contributed by atoms with Crippen molar-refractivity contribution < 1.29 is 9.32 Å². The number of pyridine rings is 1. The molecule has 1 aromatic carbocycles. The van der Waals surface area contributed by atoms with Crippen molar-refractivity contribution in [2.75, 3.05) is 18.0 Å². The van der Waals surface area contributed by atoms with E-state index in [0.29, 0.717) is 23.0 Å². The lowest BCUT2D eigenvalue weighted by molar-refractivity contribution is 0.0947. The summed E-state index contributed by atoms with van der Waals surface area (Å²) < 4.78 is 5.21. The van der Waals surface area contributed by atoms with Crippen LogP contribution in [-0.4, -0.2) is 34.1 Å². The molecule has 1 fully saturated rings. The van der Waals surface area contributed by atoms with Crippen molar-refractivity contribution in [2.24, 2.45) is 0 Å². The van der Waals surface area contributed by atoms with Crippen LogP contribution in [0.15, 0.2) is 53.2 Å². The summed E-state index contributed by atoms with van der Waals surface area (Å²) in [5.41, 5.74) is 2.27. The summed E-state index contributed by atoms with van der Waals surface area (Å²) in [5.74, 6) is 0.607. The lowest BCUT2D eigenvalue weighted by Gasteiger charge is -2.20. The summed E-state index contributed by atoms with van der Waals surface area (Å²) in [7, 11) is 0. The zero-order valence-corrected chi connectivity index (χ0v) is 14.3. The Morgan fingerprint density at radius 3 is 2.73 bits per heavy atom. The molecular weight excluding hydrogens is 330 g/mol. The van der Waals surface area contributed by atoms with Crippen LogP contribution in [0.4, 0.5) is 5.69 Å². The Labute approximate surface area is 151 Å². The molecule has 132 valence electrons. The van der Waals surface area contributed by atoms with Gasteiger partial charge in [0.1, 0.15) is 5.69 Å². The van der Waals surface area contributed by atoms with Crippen molar-refractivity contribution in [3.8, 4) is 11.5 Å². The molecule has 7 heteroatoms. The molecule has 0 atom stereocenters. The molecule has 0 unspecified atom stereocenters. The van der Waals surface area contributed by atoms with Crippen LogP contribution < -0.4 is 10.2 Å². The molecular formula is C19H19N5O2. The first kappa shape index (κ1) is 16.3. The molecule has 1 saturated heterocycles. The number of anilines is 1. The highest BCUT2D eigenvalue weighted by molar-refractivity contribution is 5.99. The molecule has 3 aromatic rings. The first-order valence-electron chi connectivity index (χ1n) is 8.67. The van der Waals surface area contributed by atoms with Crippen molar-refractivity contribution in [1.29, 1.82) is 0 Å². The van der Waals surface area contributed by atoms with Crippen molar-refractivity contribution in [3.05, 3.63) is 60.1 Å². The van der Waals surface area contributed by atoms with Crippen LogP contribution in [0.1, 0.15) is 29.1 Å². The summed E-state index contributed by atoms with van der Waals surface area (Å²) in [6, 6.07) is 13.2. The molecule has 3 heterocycles. The number of aromatic nitrogens is 3. The molecule has 2 aromatic heterocycles. The molecule has 26 heavy (non-hydrogen) atoms. The van der Waals surface area contributed by atoms with Crippen LogP contribution in [0.2, 0.25) is 0 Å². The van der Waals surface area contributed by atoms with Crippen LogP contribution in [0, 0.1) is 0 Å². The molecule has 0 bridgehead atoms. The Hall–Kier alpha value is -3.22. The van der Waals surface area contributed by atoms with Gasteiger partial charge in [-0.1, -0.05) is 23.4 Å². The van der Waals surface area contributed by atoms with E-state index in [1.807, 2.05) is 36.4 Å². The zero-order valence-electron chi connectivity index (χ0n) is 14.3. The van der Waals surface area contributed by atoms with Gasteiger partial charge in [-0.3, -0.25) is 9.78 Å². The normalized spacial score (nSPS) is 13.8. The number of rotatable bonds is 5. The fourth-order valence-electron chi connectivity index (χ4n) is 3.08. The maximum Gasteiger partial charge on any atom is 0.253 e. The second kappa shape index (κ2) is 7.35. The predicted molar refractivity (Wildman–Crippen MR) is 96.6 cm³/mol. The van der Waals surface area contributed by atoms with Gasteiger partial charge in [0.05, 0.1) is 12.1 Å². The van der Waals surface area contributed by atoms with E-state index in [1.54, 1.807) is 12.3 Å². The maximum atomic E-state index is 12.6. The zero-order chi connectivity index (χ0) is 17.8. The summed E-state index contributed by atoms with van der Waals surface area (Å²) in [4.78, 5) is 23.3. The highest BCUT2D eigenvalue weighted by Gasteiger charge is 2.19. The maximum absolute atomic E-state index is 12.6. The molecule has 1 aliphatic heterocycles. The molecule has 0 aliphatic carbocycles. The Balaban J connectivity index is 1.44. The number of carbonyl (C=O) groups excluding carboxylic acids is 1. The molecule has 0 spiro atoms. The minimum absolute atomic E-state index is 0.148. The first-order chi connectivity index (χ1) is 12.8. The van der Waals surface area contributed by atoms with Crippen LogP contribution in [-0.2, 0) is 6.54 Å². The van der Waals surface area contributed by atoms with E-state index in [9.17, 15) is 4.79 Å². The van der Waals surface area contributed by atoms with E-state index < -0.39 is 0 Å². The van der Waals surface area contributed by atoms with Gasteiger partial charge in [-0.2, -0.15) is 4.98 Å². The lowest BCUT2D eigenvalue weighted by atomic mass is 10.1. The van der Waals surface area contributed by atoms with Gasteiger partial charge in [-0.05, 0) is 37.1 Å². The highest BCUT2D eigenvalue weighted by atomic mass is 16.5. The van der Waals surface area contributed by atoms with Gasteiger partial charge in [-0.15, -0.1) is 0 Å². The number of amides is 1. The number of nitrogens with zero attached hydrogens (tertiary/aromatic N) is 4. The first-order valence-corrected chi connectivity index (χ1v) is 8.67. The van der Waals surface area contributed by atoms with E-state index in [0.717, 1.165) is 31.6 Å². The Kier molecular flexibility index (Phi) is 4.59. The number of hydrogen-bond donors (Lipinski definition) is 1. The fourth-order valence-corrected chi connectivity index (χ4v) is 3.08. The van der Waals surface area contributed by atoms with Gasteiger partial charge in [0.2, 0.25) is 11.7 Å². The minimum atomic E-state index is -0.148. The Bertz CT molecular complexity index is 888. The second-order valence-corrected chi connectivity index (χ2v) is 6.12. The van der Waals surface area contributed by atoms with E-state index in [4.69, 9.17) is 4.52 Å². The monoisotopic (exact) mass is 349 g/mol. The van der Waals surface area contributed by atoms with Gasteiger partial charge < -0.3 is 14.7 Å². The van der Waals surface area contributed by atoms with Gasteiger partial charge >= 0.3 is 0 Å². The third-order valence-corrected chi connectivity index (χ3v) is 4.36.